The van der Waals surface area contributed by atoms with Crippen LogP contribution in [0.15, 0.2) is 57.5 Å². The van der Waals surface area contributed by atoms with Gasteiger partial charge in [-0.05, 0) is 49.6 Å². The molecule has 2 aromatic carbocycles. The Kier molecular flexibility index (Phi) is 12.9. The molecule has 0 fully saturated rings. The first-order chi connectivity index (χ1) is 21.7. The maximum absolute atomic E-state index is 12.1. The van der Waals surface area contributed by atoms with Gasteiger partial charge in [0.2, 0.25) is 0 Å². The number of fused-ring (bicyclic) bond motifs is 2. The first-order valence-corrected chi connectivity index (χ1v) is 15.9. The minimum atomic E-state index is -1.38. The largest absolute Gasteiger partial charge is 0.488 e. The standard InChI is InChI=1S/C15H15BrN2O3.C9H12N2O3.C6H6BBrO2/c1-2-21-15(19)14-12-9-20-7-6-13(12)18(17-14)11-5-3-4-10(16)8-11;1-2-14-9(12)8-6-5-13-4-3-7(6)10-11-8;8-6-3-1-2-5(4-6)7(9)10/h3-5,8H,2,6-7,9H2,1H3;2-5H2,1H3,(H,10,11);1-4,9-10H. The molecule has 0 saturated heterocycles. The molecule has 6 rings (SSSR count). The Morgan fingerprint density at radius 3 is 2.16 bits per heavy atom. The van der Waals surface area contributed by atoms with Crippen LogP contribution in [0.3, 0.4) is 0 Å². The van der Waals surface area contributed by atoms with Crippen LogP contribution in [0.5, 0.6) is 0 Å². The van der Waals surface area contributed by atoms with E-state index in [4.69, 9.17) is 29.0 Å². The molecule has 0 aliphatic carbocycles. The number of carbonyl (C=O) groups is 2. The Morgan fingerprint density at radius 2 is 1.53 bits per heavy atom. The summed E-state index contributed by atoms with van der Waals surface area (Å²) >= 11 is 6.67. The molecular weight excluding hydrogens is 715 g/mol. The Labute approximate surface area is 277 Å². The molecule has 0 atom stereocenters. The summed E-state index contributed by atoms with van der Waals surface area (Å²) in [4.78, 5) is 23.5. The van der Waals surface area contributed by atoms with Gasteiger partial charge in [0.1, 0.15) is 0 Å². The van der Waals surface area contributed by atoms with Crippen molar-refractivity contribution in [3.63, 3.8) is 0 Å². The molecule has 4 heterocycles. The number of hydrogen-bond donors (Lipinski definition) is 3. The van der Waals surface area contributed by atoms with Gasteiger partial charge in [-0.2, -0.15) is 10.2 Å². The number of nitrogens with zero attached hydrogens (tertiary/aromatic N) is 3. The summed E-state index contributed by atoms with van der Waals surface area (Å²) in [5, 5.41) is 28.6. The highest BCUT2D eigenvalue weighted by Gasteiger charge is 2.27. The van der Waals surface area contributed by atoms with Crippen LogP contribution in [0.1, 0.15) is 57.3 Å². The number of halogens is 2. The first-order valence-electron chi connectivity index (χ1n) is 14.3. The van der Waals surface area contributed by atoms with E-state index >= 15 is 0 Å². The van der Waals surface area contributed by atoms with Crippen LogP contribution < -0.4 is 5.46 Å². The Morgan fingerprint density at radius 1 is 0.911 bits per heavy atom. The van der Waals surface area contributed by atoms with Crippen molar-refractivity contribution < 1.29 is 38.6 Å². The summed E-state index contributed by atoms with van der Waals surface area (Å²) in [5.41, 5.74) is 5.80. The second kappa shape index (κ2) is 16.8. The average Bonchev–Trinajstić information content (AvgIpc) is 3.65. The van der Waals surface area contributed by atoms with Gasteiger partial charge < -0.3 is 29.0 Å². The van der Waals surface area contributed by atoms with Crippen molar-refractivity contribution in [3.8, 4) is 5.69 Å². The summed E-state index contributed by atoms with van der Waals surface area (Å²) in [6.07, 6.45) is 1.51. The maximum Gasteiger partial charge on any atom is 0.488 e. The molecule has 45 heavy (non-hydrogen) atoms. The van der Waals surface area contributed by atoms with Crippen molar-refractivity contribution in [3.05, 3.63) is 91.4 Å². The SMILES string of the molecule is CCOC(=O)c1n[nH]c2c1COCC2.CCOC(=O)c1nn(-c2cccc(Br)c2)c2c1COCC2.OB(O)c1cccc(Br)c1. The van der Waals surface area contributed by atoms with E-state index in [1.54, 1.807) is 32.0 Å². The average molecular weight is 748 g/mol. The molecule has 0 saturated carbocycles. The zero-order valence-electron chi connectivity index (χ0n) is 24.8. The second-order valence-electron chi connectivity index (χ2n) is 9.67. The summed E-state index contributed by atoms with van der Waals surface area (Å²) in [7, 11) is -1.38. The fourth-order valence-corrected chi connectivity index (χ4v) is 5.37. The molecule has 12 nitrogen and oxygen atoms in total. The quantitative estimate of drug-likeness (QED) is 0.196. The Bertz CT molecular complexity index is 1610. The lowest BCUT2D eigenvalue weighted by atomic mass is 9.81. The monoisotopic (exact) mass is 746 g/mol. The highest BCUT2D eigenvalue weighted by molar-refractivity contribution is 9.10. The van der Waals surface area contributed by atoms with Crippen molar-refractivity contribution >= 4 is 56.4 Å². The minimum Gasteiger partial charge on any atom is -0.461 e. The molecule has 4 aromatic rings. The number of carbonyl (C=O) groups excluding carboxylic acids is 2. The number of hydrogen-bond acceptors (Lipinski definition) is 10. The lowest BCUT2D eigenvalue weighted by Crippen LogP contribution is -2.29. The van der Waals surface area contributed by atoms with Crippen molar-refractivity contribution in [1.82, 2.24) is 20.0 Å². The molecule has 0 bridgehead atoms. The van der Waals surface area contributed by atoms with Crippen molar-refractivity contribution in [2.24, 2.45) is 0 Å². The summed E-state index contributed by atoms with van der Waals surface area (Å²) in [5.74, 6) is -0.775. The lowest BCUT2D eigenvalue weighted by Gasteiger charge is -2.15. The molecule has 238 valence electrons. The van der Waals surface area contributed by atoms with Gasteiger partial charge in [0.15, 0.2) is 11.4 Å². The van der Waals surface area contributed by atoms with Gasteiger partial charge in [-0.15, -0.1) is 0 Å². The van der Waals surface area contributed by atoms with E-state index in [1.165, 1.54) is 0 Å². The van der Waals surface area contributed by atoms with E-state index < -0.39 is 13.1 Å². The van der Waals surface area contributed by atoms with Crippen molar-refractivity contribution in [2.75, 3.05) is 26.4 Å². The van der Waals surface area contributed by atoms with E-state index in [2.05, 4.69) is 47.2 Å². The Hall–Kier alpha value is -3.34. The number of ether oxygens (including phenoxy) is 4. The molecule has 2 aromatic heterocycles. The van der Waals surface area contributed by atoms with Crippen LogP contribution in [-0.4, -0.2) is 75.5 Å². The normalized spacial score (nSPS) is 13.2. The molecule has 2 aliphatic rings. The number of H-pyrrole nitrogens is 1. The molecular formula is C30H33BBr2N4O8. The lowest BCUT2D eigenvalue weighted by molar-refractivity contribution is 0.0500. The van der Waals surface area contributed by atoms with E-state index in [0.717, 1.165) is 50.0 Å². The number of aromatic amines is 1. The number of aromatic nitrogens is 4. The molecule has 3 N–H and O–H groups in total. The molecule has 15 heteroatoms. The smallest absolute Gasteiger partial charge is 0.461 e. The fraction of sp³-hybridized carbons (Fsp3) is 0.333. The van der Waals surface area contributed by atoms with Gasteiger partial charge in [0, 0.05) is 38.6 Å². The number of esters is 2. The van der Waals surface area contributed by atoms with Gasteiger partial charge in [0.25, 0.3) is 0 Å². The topological polar surface area (TPSA) is 158 Å². The minimum absolute atomic E-state index is 0.332. The van der Waals surface area contributed by atoms with Crippen LogP contribution in [0.25, 0.3) is 5.69 Å². The number of benzene rings is 2. The summed E-state index contributed by atoms with van der Waals surface area (Å²) in [6.45, 7) is 6.41. The predicted molar refractivity (Wildman–Crippen MR) is 172 cm³/mol. The van der Waals surface area contributed by atoms with Gasteiger partial charge in [-0.1, -0.05) is 50.1 Å². The summed E-state index contributed by atoms with van der Waals surface area (Å²) < 4.78 is 24.3. The van der Waals surface area contributed by atoms with E-state index in [1.807, 2.05) is 35.0 Å². The number of rotatable bonds is 6. The maximum atomic E-state index is 12.1. The zero-order valence-corrected chi connectivity index (χ0v) is 28.0. The van der Waals surface area contributed by atoms with Gasteiger partial charge in [-0.3, -0.25) is 5.10 Å². The molecule has 0 radical (unpaired) electrons. The zero-order chi connectivity index (χ0) is 32.3. The van der Waals surface area contributed by atoms with Crippen molar-refractivity contribution in [2.45, 2.75) is 39.9 Å². The molecule has 0 amide bonds. The van der Waals surface area contributed by atoms with Crippen LogP contribution >= 0.6 is 31.9 Å². The van der Waals surface area contributed by atoms with Crippen LogP contribution in [-0.2, 0) is 45.0 Å². The van der Waals surface area contributed by atoms with Gasteiger partial charge in [0.05, 0.1) is 51.0 Å². The fourth-order valence-electron chi connectivity index (χ4n) is 4.57. The van der Waals surface area contributed by atoms with E-state index in [9.17, 15) is 9.59 Å². The van der Waals surface area contributed by atoms with E-state index in [0.29, 0.717) is 56.5 Å². The third-order valence-electron chi connectivity index (χ3n) is 6.65. The first kappa shape index (κ1) is 34.5. The third-order valence-corrected chi connectivity index (χ3v) is 7.64. The number of nitrogens with one attached hydrogen (secondary N) is 1. The van der Waals surface area contributed by atoms with Crippen LogP contribution in [0, 0.1) is 0 Å². The van der Waals surface area contributed by atoms with Crippen LogP contribution in [0.2, 0.25) is 0 Å². The van der Waals surface area contributed by atoms with Gasteiger partial charge >= 0.3 is 19.1 Å². The van der Waals surface area contributed by atoms with Crippen molar-refractivity contribution in [1.29, 1.82) is 0 Å². The Balaban J connectivity index is 0.000000166. The molecule has 0 spiro atoms. The van der Waals surface area contributed by atoms with E-state index in [-0.39, 0.29) is 5.97 Å². The van der Waals surface area contributed by atoms with Gasteiger partial charge in [-0.25, -0.2) is 14.3 Å². The molecule has 0 unspecified atom stereocenters. The summed E-state index contributed by atoms with van der Waals surface area (Å²) in [6, 6.07) is 14.7. The third kappa shape index (κ3) is 9.12. The molecule has 2 aliphatic heterocycles. The predicted octanol–water partition coefficient (Wildman–Crippen LogP) is 3.67. The highest BCUT2D eigenvalue weighted by atomic mass is 79.9. The van der Waals surface area contributed by atoms with Crippen LogP contribution in [0.4, 0.5) is 0 Å². The second-order valence-corrected chi connectivity index (χ2v) is 11.5. The highest BCUT2D eigenvalue weighted by Crippen LogP contribution is 2.26.